The van der Waals surface area contributed by atoms with E-state index in [1.54, 1.807) is 6.07 Å². The maximum Gasteiger partial charge on any atom is 0.407 e. The lowest BCUT2D eigenvalue weighted by Crippen LogP contribution is -2.53. The molecule has 1 amide bonds. The third-order valence-corrected chi connectivity index (χ3v) is 4.27. The van der Waals surface area contributed by atoms with Gasteiger partial charge in [-0.25, -0.2) is 9.18 Å². The minimum atomic E-state index is -0.487. The van der Waals surface area contributed by atoms with Crippen molar-refractivity contribution in [2.75, 3.05) is 0 Å². The minimum absolute atomic E-state index is 0.0735. The van der Waals surface area contributed by atoms with E-state index in [-0.39, 0.29) is 30.0 Å². The predicted molar refractivity (Wildman–Crippen MR) is 91.8 cm³/mol. The van der Waals surface area contributed by atoms with Crippen LogP contribution in [0.1, 0.15) is 52.1 Å². The summed E-state index contributed by atoms with van der Waals surface area (Å²) in [6.45, 7) is 7.46. The molecule has 1 atom stereocenters. The molecular weight excluding hydrogens is 363 g/mol. The zero-order valence-corrected chi connectivity index (χ0v) is 15.5. The molecule has 0 aliphatic heterocycles. The van der Waals surface area contributed by atoms with Crippen molar-refractivity contribution >= 4 is 22.0 Å². The quantitative estimate of drug-likeness (QED) is 0.810. The molecular formula is C17H24BrFN2O2. The standard InChI is InChI=1S/C17H24BrFN2O2/c1-10(14-6-5-11(18)7-15(14)19)20-12-8-13(9-12)21-16(22)23-17(2,3)4/h5-7,10,12-13,20H,8-9H2,1-4H3,(H,21,22). The van der Waals surface area contributed by atoms with Gasteiger partial charge in [-0.1, -0.05) is 22.0 Å². The third kappa shape index (κ3) is 5.46. The molecule has 1 aliphatic carbocycles. The van der Waals surface area contributed by atoms with Gasteiger partial charge >= 0.3 is 6.09 Å². The number of nitrogens with one attached hydrogen (secondary N) is 2. The highest BCUT2D eigenvalue weighted by Crippen LogP contribution is 2.26. The molecule has 1 unspecified atom stereocenters. The fourth-order valence-electron chi connectivity index (χ4n) is 2.64. The summed E-state index contributed by atoms with van der Waals surface area (Å²) in [7, 11) is 0. The van der Waals surface area contributed by atoms with Crippen LogP contribution in [0.3, 0.4) is 0 Å². The third-order valence-electron chi connectivity index (χ3n) is 3.77. The Labute approximate surface area is 145 Å². The summed E-state index contributed by atoms with van der Waals surface area (Å²) < 4.78 is 19.9. The van der Waals surface area contributed by atoms with Crippen molar-refractivity contribution in [3.8, 4) is 0 Å². The number of rotatable bonds is 4. The Morgan fingerprint density at radius 1 is 1.35 bits per heavy atom. The van der Waals surface area contributed by atoms with E-state index in [0.717, 1.165) is 17.3 Å². The lowest BCUT2D eigenvalue weighted by Gasteiger charge is -2.38. The molecule has 1 aliphatic rings. The highest BCUT2D eigenvalue weighted by molar-refractivity contribution is 9.10. The molecule has 0 heterocycles. The van der Waals surface area contributed by atoms with E-state index >= 15 is 0 Å². The zero-order valence-electron chi connectivity index (χ0n) is 14.0. The number of benzene rings is 1. The van der Waals surface area contributed by atoms with Crippen LogP contribution in [-0.4, -0.2) is 23.8 Å². The first-order chi connectivity index (χ1) is 10.6. The summed E-state index contributed by atoms with van der Waals surface area (Å²) in [5.41, 5.74) is 0.163. The maximum atomic E-state index is 13.9. The molecule has 23 heavy (non-hydrogen) atoms. The van der Waals surface area contributed by atoms with Crippen LogP contribution in [0.4, 0.5) is 9.18 Å². The van der Waals surface area contributed by atoms with Crippen molar-refractivity contribution in [1.82, 2.24) is 10.6 Å². The Balaban J connectivity index is 1.76. The number of hydrogen-bond acceptors (Lipinski definition) is 3. The van der Waals surface area contributed by atoms with E-state index in [9.17, 15) is 9.18 Å². The van der Waals surface area contributed by atoms with Gasteiger partial charge in [-0.3, -0.25) is 0 Å². The topological polar surface area (TPSA) is 50.4 Å². The SMILES string of the molecule is CC(NC1CC(NC(=O)OC(C)(C)C)C1)c1ccc(Br)cc1F. The highest BCUT2D eigenvalue weighted by atomic mass is 79.9. The average Bonchev–Trinajstić information content (AvgIpc) is 2.33. The summed E-state index contributed by atoms with van der Waals surface area (Å²) in [6, 6.07) is 5.41. The fraction of sp³-hybridized carbons (Fsp3) is 0.588. The molecule has 0 radical (unpaired) electrons. The van der Waals surface area contributed by atoms with E-state index in [1.165, 1.54) is 6.07 Å². The second kappa shape index (κ2) is 7.18. The van der Waals surface area contributed by atoms with Crippen LogP contribution in [0, 0.1) is 5.82 Å². The first kappa shape index (κ1) is 18.2. The van der Waals surface area contributed by atoms with Crippen molar-refractivity contribution in [3.05, 3.63) is 34.1 Å². The summed E-state index contributed by atoms with van der Waals surface area (Å²) >= 11 is 3.26. The van der Waals surface area contributed by atoms with Crippen LogP contribution in [0.15, 0.2) is 22.7 Å². The van der Waals surface area contributed by atoms with Crippen LogP contribution in [0.2, 0.25) is 0 Å². The zero-order chi connectivity index (χ0) is 17.2. The van der Waals surface area contributed by atoms with Gasteiger partial charge in [0.25, 0.3) is 0 Å². The van der Waals surface area contributed by atoms with Gasteiger partial charge in [0.05, 0.1) is 0 Å². The predicted octanol–water partition coefficient (Wildman–Crippen LogP) is 4.29. The number of amides is 1. The smallest absolute Gasteiger partial charge is 0.407 e. The summed E-state index contributed by atoms with van der Waals surface area (Å²) in [4.78, 5) is 11.7. The van der Waals surface area contributed by atoms with Crippen LogP contribution in [-0.2, 0) is 4.74 Å². The largest absolute Gasteiger partial charge is 0.444 e. The van der Waals surface area contributed by atoms with Gasteiger partial charge in [0.15, 0.2) is 0 Å². The molecule has 0 aromatic heterocycles. The van der Waals surface area contributed by atoms with E-state index in [0.29, 0.717) is 5.56 Å². The van der Waals surface area contributed by atoms with Gasteiger partial charge in [-0.05, 0) is 52.7 Å². The molecule has 1 saturated carbocycles. The Morgan fingerprint density at radius 2 is 2.00 bits per heavy atom. The monoisotopic (exact) mass is 386 g/mol. The molecule has 2 N–H and O–H groups in total. The molecule has 2 rings (SSSR count). The number of halogens is 2. The van der Waals surface area contributed by atoms with Crippen molar-refractivity contribution in [2.45, 2.75) is 64.3 Å². The molecule has 0 bridgehead atoms. The first-order valence-electron chi connectivity index (χ1n) is 7.84. The van der Waals surface area contributed by atoms with Crippen molar-refractivity contribution < 1.29 is 13.9 Å². The highest BCUT2D eigenvalue weighted by Gasteiger charge is 2.32. The number of hydrogen-bond donors (Lipinski definition) is 2. The lowest BCUT2D eigenvalue weighted by atomic mass is 9.86. The molecule has 1 aromatic carbocycles. The van der Waals surface area contributed by atoms with Gasteiger partial charge in [0.2, 0.25) is 0 Å². The summed E-state index contributed by atoms with van der Waals surface area (Å²) in [5, 5.41) is 6.25. The molecule has 1 fully saturated rings. The fourth-order valence-corrected chi connectivity index (χ4v) is 2.98. The second-order valence-corrected chi connectivity index (χ2v) is 7.98. The second-order valence-electron chi connectivity index (χ2n) is 7.07. The van der Waals surface area contributed by atoms with Crippen LogP contribution < -0.4 is 10.6 Å². The van der Waals surface area contributed by atoms with Crippen LogP contribution >= 0.6 is 15.9 Å². The first-order valence-corrected chi connectivity index (χ1v) is 8.64. The Morgan fingerprint density at radius 3 is 2.57 bits per heavy atom. The number of ether oxygens (including phenoxy) is 1. The van der Waals surface area contributed by atoms with Crippen molar-refractivity contribution in [1.29, 1.82) is 0 Å². The number of carbonyl (C=O) groups is 1. The molecule has 1 aromatic rings. The molecule has 0 spiro atoms. The van der Waals surface area contributed by atoms with Crippen molar-refractivity contribution in [2.24, 2.45) is 0 Å². The van der Waals surface area contributed by atoms with E-state index < -0.39 is 5.60 Å². The van der Waals surface area contributed by atoms with Crippen LogP contribution in [0.5, 0.6) is 0 Å². The van der Waals surface area contributed by atoms with Gasteiger partial charge in [-0.15, -0.1) is 0 Å². The minimum Gasteiger partial charge on any atom is -0.444 e. The Hall–Kier alpha value is -1.14. The lowest BCUT2D eigenvalue weighted by molar-refractivity contribution is 0.0463. The molecule has 6 heteroatoms. The van der Waals surface area contributed by atoms with Crippen molar-refractivity contribution in [3.63, 3.8) is 0 Å². The van der Waals surface area contributed by atoms with E-state index in [2.05, 4.69) is 26.6 Å². The molecule has 4 nitrogen and oxygen atoms in total. The Kier molecular flexibility index (Phi) is 5.68. The van der Waals surface area contributed by atoms with Gasteiger partial charge in [0, 0.05) is 28.2 Å². The van der Waals surface area contributed by atoms with Crippen LogP contribution in [0.25, 0.3) is 0 Å². The summed E-state index contributed by atoms with van der Waals surface area (Å²) in [5.74, 6) is -0.220. The normalized spacial score (nSPS) is 22.2. The van der Waals surface area contributed by atoms with E-state index in [4.69, 9.17) is 4.74 Å². The van der Waals surface area contributed by atoms with E-state index in [1.807, 2.05) is 33.8 Å². The summed E-state index contributed by atoms with van der Waals surface area (Å²) in [6.07, 6.45) is 1.26. The number of carbonyl (C=O) groups excluding carboxylic acids is 1. The van der Waals surface area contributed by atoms with Gasteiger partial charge in [-0.2, -0.15) is 0 Å². The van der Waals surface area contributed by atoms with Gasteiger partial charge in [0.1, 0.15) is 11.4 Å². The van der Waals surface area contributed by atoms with Gasteiger partial charge < -0.3 is 15.4 Å². The molecule has 0 saturated heterocycles. The maximum absolute atomic E-state index is 13.9. The molecule has 128 valence electrons. The average molecular weight is 387 g/mol. The Bertz CT molecular complexity index is 568. The number of alkyl carbamates (subject to hydrolysis) is 1.